The molecule has 0 spiro atoms. The smallest absolute Gasteiger partial charge is 0.216 e. The molecule has 1 aromatic heterocycles. The number of hydrogen-bond acceptors (Lipinski definition) is 5. The van der Waals surface area contributed by atoms with Crippen LogP contribution in [0.4, 0.5) is 0 Å². The lowest BCUT2D eigenvalue weighted by molar-refractivity contribution is 0.0972. The predicted molar refractivity (Wildman–Crippen MR) is 79.4 cm³/mol. The van der Waals surface area contributed by atoms with Crippen molar-refractivity contribution in [1.82, 2.24) is 15.0 Å². The quantitative estimate of drug-likeness (QED) is 0.536. The number of nitrogens with zero attached hydrogens (tertiary/aromatic N) is 4. The van der Waals surface area contributed by atoms with Crippen LogP contribution in [0.3, 0.4) is 0 Å². The first-order valence-electron chi connectivity index (χ1n) is 6.86. The molecule has 3 aromatic rings. The highest BCUT2D eigenvalue weighted by Crippen LogP contribution is 2.27. The van der Waals surface area contributed by atoms with Crippen LogP contribution < -0.4 is 0 Å². The maximum atomic E-state index is 12.8. The minimum Gasteiger partial charge on any atom is -0.287 e. The molecule has 0 radical (unpaired) electrons. The fraction of sp³-hybridized carbons (Fsp3) is 0. The minimum atomic E-state index is -0.337. The summed E-state index contributed by atoms with van der Waals surface area (Å²) in [6, 6.07) is 15.4. The van der Waals surface area contributed by atoms with Gasteiger partial charge in [0.1, 0.15) is 11.8 Å². The van der Waals surface area contributed by atoms with Gasteiger partial charge in [0.2, 0.25) is 11.6 Å². The zero-order valence-electron chi connectivity index (χ0n) is 11.7. The summed E-state index contributed by atoms with van der Waals surface area (Å²) < 4.78 is 1.27. The molecule has 4 rings (SSSR count). The second-order valence-corrected chi connectivity index (χ2v) is 5.03. The molecule has 6 nitrogen and oxygen atoms in total. The van der Waals surface area contributed by atoms with Gasteiger partial charge in [-0.15, -0.1) is 5.10 Å². The van der Waals surface area contributed by atoms with Crippen molar-refractivity contribution < 1.29 is 9.59 Å². The molecule has 1 aliphatic carbocycles. The molecule has 0 fully saturated rings. The molecule has 0 saturated carbocycles. The van der Waals surface area contributed by atoms with E-state index in [1.807, 2.05) is 0 Å². The van der Waals surface area contributed by atoms with Gasteiger partial charge in [-0.1, -0.05) is 41.6 Å². The first kappa shape index (κ1) is 13.1. The van der Waals surface area contributed by atoms with Crippen LogP contribution in [-0.2, 0) is 0 Å². The first-order valence-corrected chi connectivity index (χ1v) is 6.86. The Morgan fingerprint density at radius 3 is 2.30 bits per heavy atom. The first-order chi connectivity index (χ1) is 11.2. The van der Waals surface area contributed by atoms with Crippen molar-refractivity contribution in [2.75, 3.05) is 0 Å². The van der Waals surface area contributed by atoms with E-state index < -0.39 is 0 Å². The Morgan fingerprint density at radius 1 is 0.913 bits per heavy atom. The third-order valence-corrected chi connectivity index (χ3v) is 3.77. The third-order valence-electron chi connectivity index (χ3n) is 3.77. The lowest BCUT2D eigenvalue weighted by Gasteiger charge is -2.14. The predicted octanol–water partition coefficient (Wildman–Crippen LogP) is 1.91. The summed E-state index contributed by atoms with van der Waals surface area (Å²) in [6.07, 6.45) is 0. The fourth-order valence-electron chi connectivity index (χ4n) is 2.69. The Balaban J connectivity index is 2.00. The molecule has 6 heteroatoms. The molecule has 0 aliphatic heterocycles. The van der Waals surface area contributed by atoms with Crippen LogP contribution in [0, 0.1) is 11.3 Å². The van der Waals surface area contributed by atoms with Crippen LogP contribution in [0.25, 0.3) is 5.69 Å². The number of para-hydroxylation sites is 1. The Morgan fingerprint density at radius 2 is 1.57 bits per heavy atom. The average Bonchev–Trinajstić information content (AvgIpc) is 3.05. The van der Waals surface area contributed by atoms with Gasteiger partial charge in [-0.2, -0.15) is 5.26 Å². The fourth-order valence-corrected chi connectivity index (χ4v) is 2.69. The van der Waals surface area contributed by atoms with E-state index in [1.54, 1.807) is 48.5 Å². The number of nitriles is 1. The number of rotatable bonds is 1. The molecule has 0 N–H and O–H groups in total. The second kappa shape index (κ2) is 4.71. The van der Waals surface area contributed by atoms with Crippen LogP contribution >= 0.6 is 0 Å². The van der Waals surface area contributed by atoms with Crippen LogP contribution in [0.5, 0.6) is 0 Å². The van der Waals surface area contributed by atoms with E-state index >= 15 is 0 Å². The molecule has 0 unspecified atom stereocenters. The van der Waals surface area contributed by atoms with E-state index in [2.05, 4.69) is 16.4 Å². The van der Waals surface area contributed by atoms with Gasteiger partial charge in [-0.3, -0.25) is 9.59 Å². The van der Waals surface area contributed by atoms with E-state index in [4.69, 9.17) is 0 Å². The Kier molecular flexibility index (Phi) is 2.68. The van der Waals surface area contributed by atoms with Crippen molar-refractivity contribution in [3.05, 3.63) is 76.6 Å². The zero-order valence-corrected chi connectivity index (χ0v) is 11.7. The summed E-state index contributed by atoms with van der Waals surface area (Å²) in [7, 11) is 0. The molecule has 108 valence electrons. The summed E-state index contributed by atoms with van der Waals surface area (Å²) >= 11 is 0. The molecule has 23 heavy (non-hydrogen) atoms. The van der Waals surface area contributed by atoms with Gasteiger partial charge in [0.25, 0.3) is 0 Å². The molecule has 0 bridgehead atoms. The highest BCUT2D eigenvalue weighted by atomic mass is 16.1. The van der Waals surface area contributed by atoms with Crippen LogP contribution in [0.1, 0.15) is 37.7 Å². The molecule has 0 atom stereocenters. The summed E-state index contributed by atoms with van der Waals surface area (Å²) in [5.41, 5.74) is 1.52. The number of carbonyl (C=O) groups is 2. The largest absolute Gasteiger partial charge is 0.287 e. The topological polar surface area (TPSA) is 88.6 Å². The van der Waals surface area contributed by atoms with E-state index in [1.165, 1.54) is 4.68 Å². The van der Waals surface area contributed by atoms with Gasteiger partial charge < -0.3 is 0 Å². The van der Waals surface area contributed by atoms with Gasteiger partial charge >= 0.3 is 0 Å². The SMILES string of the molecule is N#Cc1ccccc1-n1nnc2c1C(=O)c1ccccc1C2=O. The Bertz CT molecular complexity index is 1030. The van der Waals surface area contributed by atoms with Crippen molar-refractivity contribution in [3.8, 4) is 11.8 Å². The highest BCUT2D eigenvalue weighted by Gasteiger charge is 2.35. The van der Waals surface area contributed by atoms with Gasteiger partial charge in [0, 0.05) is 11.1 Å². The second-order valence-electron chi connectivity index (χ2n) is 5.03. The molecular weight excluding hydrogens is 292 g/mol. The highest BCUT2D eigenvalue weighted by molar-refractivity contribution is 6.27. The normalized spacial score (nSPS) is 12.5. The molecular formula is C17H8N4O2. The number of benzene rings is 2. The Labute approximate surface area is 130 Å². The van der Waals surface area contributed by atoms with Crippen molar-refractivity contribution in [3.63, 3.8) is 0 Å². The summed E-state index contributed by atoms with van der Waals surface area (Å²) in [5, 5.41) is 17.0. The zero-order chi connectivity index (χ0) is 16.0. The van der Waals surface area contributed by atoms with Crippen LogP contribution in [0.15, 0.2) is 48.5 Å². The van der Waals surface area contributed by atoms with Gasteiger partial charge in [0.15, 0.2) is 5.69 Å². The maximum Gasteiger partial charge on any atom is 0.216 e. The summed E-state index contributed by atoms with van der Waals surface area (Å²) in [5.74, 6) is -0.663. The number of carbonyl (C=O) groups excluding carboxylic acids is 2. The lowest BCUT2D eigenvalue weighted by atomic mass is 9.90. The summed E-state index contributed by atoms with van der Waals surface area (Å²) in [6.45, 7) is 0. The molecule has 0 amide bonds. The van der Waals surface area contributed by atoms with Crippen LogP contribution in [0.2, 0.25) is 0 Å². The average molecular weight is 300 g/mol. The maximum absolute atomic E-state index is 12.8. The van der Waals surface area contributed by atoms with Crippen molar-refractivity contribution in [2.24, 2.45) is 0 Å². The third kappa shape index (κ3) is 1.74. The van der Waals surface area contributed by atoms with E-state index in [0.717, 1.165) is 0 Å². The van der Waals surface area contributed by atoms with Gasteiger partial charge in [-0.25, -0.2) is 4.68 Å². The molecule has 1 aliphatic rings. The van der Waals surface area contributed by atoms with Crippen molar-refractivity contribution in [2.45, 2.75) is 0 Å². The van der Waals surface area contributed by atoms with Gasteiger partial charge in [0.05, 0.1) is 11.3 Å². The van der Waals surface area contributed by atoms with Crippen LogP contribution in [-0.4, -0.2) is 26.6 Å². The number of aromatic nitrogens is 3. The number of hydrogen-bond donors (Lipinski definition) is 0. The van der Waals surface area contributed by atoms with E-state index in [-0.39, 0.29) is 23.0 Å². The number of fused-ring (bicyclic) bond motifs is 2. The summed E-state index contributed by atoms with van der Waals surface area (Å²) in [4.78, 5) is 25.3. The Hall–Kier alpha value is -3.59. The molecule has 0 saturated heterocycles. The van der Waals surface area contributed by atoms with E-state index in [0.29, 0.717) is 22.4 Å². The lowest BCUT2D eigenvalue weighted by Crippen LogP contribution is -2.23. The minimum absolute atomic E-state index is 0.0152. The molecule has 1 heterocycles. The monoisotopic (exact) mass is 300 g/mol. The molecule has 2 aromatic carbocycles. The van der Waals surface area contributed by atoms with Crippen molar-refractivity contribution >= 4 is 11.6 Å². The standard InChI is InChI=1S/C17H8N4O2/c18-9-10-5-1-4-8-13(10)21-15-14(19-20-21)16(22)11-6-2-3-7-12(11)17(15)23/h1-8H. The van der Waals surface area contributed by atoms with Crippen molar-refractivity contribution in [1.29, 1.82) is 5.26 Å². The van der Waals surface area contributed by atoms with Gasteiger partial charge in [-0.05, 0) is 12.1 Å². The van der Waals surface area contributed by atoms with E-state index in [9.17, 15) is 14.9 Å². The number of ketones is 2.